The maximum absolute atomic E-state index is 12.3. The fourth-order valence-corrected chi connectivity index (χ4v) is 4.75. The number of carbonyl (C=O) groups excluding carboxylic acids is 1. The van der Waals surface area contributed by atoms with Crippen molar-refractivity contribution in [3.05, 3.63) is 116 Å². The summed E-state index contributed by atoms with van der Waals surface area (Å²) in [6.45, 7) is 0.287. The molecule has 0 radical (unpaired) electrons. The van der Waals surface area contributed by atoms with Gasteiger partial charge in [-0.25, -0.2) is 4.98 Å². The van der Waals surface area contributed by atoms with E-state index in [0.29, 0.717) is 21.5 Å². The molecule has 3 aromatic carbocycles. The van der Waals surface area contributed by atoms with Crippen LogP contribution in [0.25, 0.3) is 11.1 Å². The molecule has 1 heterocycles. The Hall–Kier alpha value is -3.05. The van der Waals surface area contributed by atoms with Gasteiger partial charge in [0.25, 0.3) is 5.91 Å². The lowest BCUT2D eigenvalue weighted by atomic mass is 9.97. The van der Waals surface area contributed by atoms with Crippen molar-refractivity contribution in [2.45, 2.75) is 38.7 Å². The van der Waals surface area contributed by atoms with Gasteiger partial charge in [-0.15, -0.1) is 0 Å². The van der Waals surface area contributed by atoms with Crippen LogP contribution in [0.4, 0.5) is 0 Å². The zero-order chi connectivity index (χ0) is 26.2. The predicted molar refractivity (Wildman–Crippen MR) is 152 cm³/mol. The van der Waals surface area contributed by atoms with E-state index in [1.54, 1.807) is 12.1 Å². The minimum Gasteiger partial charge on any atom is -0.472 e. The summed E-state index contributed by atoms with van der Waals surface area (Å²) in [5.41, 5.74) is 10.6. The molecule has 0 saturated heterocycles. The van der Waals surface area contributed by atoms with E-state index in [1.807, 2.05) is 66.7 Å². The van der Waals surface area contributed by atoms with Crippen molar-refractivity contribution >= 4 is 40.7 Å². The van der Waals surface area contributed by atoms with E-state index < -0.39 is 5.91 Å². The molecule has 0 aliphatic carbocycles. The molecular formula is C30H27Cl3N2O2. The number of hydrogen-bond acceptors (Lipinski definition) is 3. The largest absolute Gasteiger partial charge is 0.472 e. The van der Waals surface area contributed by atoms with Crippen LogP contribution in [0.3, 0.4) is 0 Å². The summed E-state index contributed by atoms with van der Waals surface area (Å²) < 4.78 is 5.98. The number of aromatic nitrogens is 1. The Morgan fingerprint density at radius 2 is 1.51 bits per heavy atom. The third-order valence-corrected chi connectivity index (χ3v) is 6.92. The number of primary amides is 1. The van der Waals surface area contributed by atoms with Gasteiger partial charge in [0.15, 0.2) is 0 Å². The van der Waals surface area contributed by atoms with E-state index in [9.17, 15) is 4.79 Å². The molecule has 0 saturated carbocycles. The van der Waals surface area contributed by atoms with Crippen LogP contribution in [0.5, 0.6) is 5.88 Å². The molecule has 0 spiro atoms. The molecule has 37 heavy (non-hydrogen) atoms. The molecule has 0 unspecified atom stereocenters. The summed E-state index contributed by atoms with van der Waals surface area (Å²) in [6, 6.07) is 24.6. The molecule has 2 N–H and O–H groups in total. The molecule has 0 aliphatic rings. The summed E-state index contributed by atoms with van der Waals surface area (Å²) in [4.78, 5) is 17.1. The Bertz CT molecular complexity index is 1360. The maximum atomic E-state index is 12.3. The number of halogens is 3. The van der Waals surface area contributed by atoms with E-state index in [2.05, 4.69) is 0 Å². The Kier molecular flexibility index (Phi) is 9.45. The van der Waals surface area contributed by atoms with Crippen molar-refractivity contribution in [1.82, 2.24) is 4.98 Å². The predicted octanol–water partition coefficient (Wildman–Crippen LogP) is 8.34. The van der Waals surface area contributed by atoms with Gasteiger partial charge in [0.2, 0.25) is 5.88 Å². The standard InChI is InChI=1S/C30H27Cl3N2O2/c31-23-14-11-21(12-15-23)25-18-26(29(34)36)30(37-19-20-7-3-1-4-8-20)35-28(25)10-6-2-5-9-22-13-16-24(32)17-27(22)33/h1,3-4,7-8,11-18H,2,5-6,9-10,19H2,(H2,34,36). The number of nitrogens with zero attached hydrogens (tertiary/aromatic N) is 1. The van der Waals surface area contributed by atoms with Gasteiger partial charge in [0, 0.05) is 20.6 Å². The van der Waals surface area contributed by atoms with Gasteiger partial charge in [-0.1, -0.05) is 89.8 Å². The summed E-state index contributed by atoms with van der Waals surface area (Å²) in [6.07, 6.45) is 4.46. The van der Waals surface area contributed by atoms with Crippen LogP contribution in [0.2, 0.25) is 15.1 Å². The fraction of sp³-hybridized carbons (Fsp3) is 0.200. The minimum absolute atomic E-state index is 0.247. The molecule has 0 bridgehead atoms. The molecule has 4 rings (SSSR count). The van der Waals surface area contributed by atoms with Crippen molar-refractivity contribution in [3.63, 3.8) is 0 Å². The topological polar surface area (TPSA) is 65.2 Å². The first kappa shape index (κ1) is 27.0. The second-order valence-corrected chi connectivity index (χ2v) is 10.1. The molecule has 1 amide bonds. The number of hydrogen-bond donors (Lipinski definition) is 1. The average Bonchev–Trinajstić information content (AvgIpc) is 2.89. The Labute approximate surface area is 232 Å². The van der Waals surface area contributed by atoms with Crippen LogP contribution in [0, 0.1) is 0 Å². The van der Waals surface area contributed by atoms with Crippen LogP contribution in [0.15, 0.2) is 78.9 Å². The highest BCUT2D eigenvalue weighted by atomic mass is 35.5. The van der Waals surface area contributed by atoms with Crippen molar-refractivity contribution in [3.8, 4) is 17.0 Å². The number of carbonyl (C=O) groups is 1. The summed E-state index contributed by atoms with van der Waals surface area (Å²) >= 11 is 18.4. The molecule has 4 nitrogen and oxygen atoms in total. The average molecular weight is 554 g/mol. The Morgan fingerprint density at radius 1 is 0.811 bits per heavy atom. The van der Waals surface area contributed by atoms with Gasteiger partial charge in [-0.05, 0) is 72.7 Å². The molecule has 4 aromatic rings. The third kappa shape index (κ3) is 7.48. The lowest BCUT2D eigenvalue weighted by Gasteiger charge is -2.15. The van der Waals surface area contributed by atoms with Gasteiger partial charge in [-0.3, -0.25) is 4.79 Å². The van der Waals surface area contributed by atoms with E-state index in [0.717, 1.165) is 53.6 Å². The maximum Gasteiger partial charge on any atom is 0.254 e. The number of rotatable bonds is 11. The van der Waals surface area contributed by atoms with E-state index >= 15 is 0 Å². The molecule has 7 heteroatoms. The van der Waals surface area contributed by atoms with Crippen LogP contribution in [-0.4, -0.2) is 10.9 Å². The lowest BCUT2D eigenvalue weighted by molar-refractivity contribution is 0.0995. The lowest BCUT2D eigenvalue weighted by Crippen LogP contribution is -2.15. The van der Waals surface area contributed by atoms with E-state index in [1.165, 1.54) is 0 Å². The summed E-state index contributed by atoms with van der Waals surface area (Å²) in [5.74, 6) is -0.339. The SMILES string of the molecule is NC(=O)c1cc(-c2ccc(Cl)cc2)c(CCCCCc2ccc(Cl)cc2Cl)nc1OCc1ccccc1. The number of pyridine rings is 1. The van der Waals surface area contributed by atoms with Crippen molar-refractivity contribution in [2.75, 3.05) is 0 Å². The van der Waals surface area contributed by atoms with Crippen LogP contribution >= 0.6 is 34.8 Å². The zero-order valence-electron chi connectivity index (χ0n) is 20.2. The second kappa shape index (κ2) is 13.0. The Balaban J connectivity index is 1.53. The highest BCUT2D eigenvalue weighted by Crippen LogP contribution is 2.31. The monoisotopic (exact) mass is 552 g/mol. The first-order valence-electron chi connectivity index (χ1n) is 12.1. The number of amides is 1. The number of unbranched alkanes of at least 4 members (excludes halogenated alkanes) is 2. The van der Waals surface area contributed by atoms with Crippen LogP contribution in [-0.2, 0) is 19.4 Å². The molecule has 0 aliphatic heterocycles. The summed E-state index contributed by atoms with van der Waals surface area (Å²) in [5, 5.41) is 1.97. The molecule has 190 valence electrons. The minimum atomic E-state index is -0.586. The molecule has 1 aromatic heterocycles. The van der Waals surface area contributed by atoms with E-state index in [-0.39, 0.29) is 18.1 Å². The number of ether oxygens (including phenoxy) is 1. The van der Waals surface area contributed by atoms with Gasteiger partial charge in [0.05, 0.1) is 5.69 Å². The Morgan fingerprint density at radius 3 is 2.22 bits per heavy atom. The third-order valence-electron chi connectivity index (χ3n) is 6.08. The van der Waals surface area contributed by atoms with Crippen molar-refractivity contribution in [2.24, 2.45) is 5.73 Å². The first-order valence-corrected chi connectivity index (χ1v) is 13.2. The van der Waals surface area contributed by atoms with E-state index in [4.69, 9.17) is 50.3 Å². The first-order chi connectivity index (χ1) is 17.9. The van der Waals surface area contributed by atoms with Gasteiger partial charge in [0.1, 0.15) is 12.2 Å². The normalized spacial score (nSPS) is 10.9. The zero-order valence-corrected chi connectivity index (χ0v) is 22.5. The number of aryl methyl sites for hydroxylation is 2. The molecular weight excluding hydrogens is 527 g/mol. The number of benzene rings is 3. The summed E-state index contributed by atoms with van der Waals surface area (Å²) in [7, 11) is 0. The van der Waals surface area contributed by atoms with Gasteiger partial charge >= 0.3 is 0 Å². The number of nitrogens with two attached hydrogens (primary N) is 1. The van der Waals surface area contributed by atoms with Crippen molar-refractivity contribution < 1.29 is 9.53 Å². The second-order valence-electron chi connectivity index (χ2n) is 8.78. The van der Waals surface area contributed by atoms with Crippen LogP contribution < -0.4 is 10.5 Å². The molecule has 0 fully saturated rings. The fourth-order valence-electron chi connectivity index (χ4n) is 4.12. The quantitative estimate of drug-likeness (QED) is 0.190. The molecule has 0 atom stereocenters. The smallest absolute Gasteiger partial charge is 0.254 e. The highest BCUT2D eigenvalue weighted by Gasteiger charge is 2.18. The van der Waals surface area contributed by atoms with Crippen molar-refractivity contribution in [1.29, 1.82) is 0 Å². The van der Waals surface area contributed by atoms with Gasteiger partial charge in [-0.2, -0.15) is 0 Å². The van der Waals surface area contributed by atoms with Gasteiger partial charge < -0.3 is 10.5 Å². The highest BCUT2D eigenvalue weighted by molar-refractivity contribution is 6.35. The van der Waals surface area contributed by atoms with Crippen LogP contribution in [0.1, 0.15) is 46.4 Å².